The van der Waals surface area contributed by atoms with Crippen LogP contribution in [0.25, 0.3) is 0 Å². The van der Waals surface area contributed by atoms with Crippen LogP contribution in [0.3, 0.4) is 0 Å². The van der Waals surface area contributed by atoms with Gasteiger partial charge in [-0.2, -0.15) is 0 Å². The number of aliphatic imine (C=N–C) groups is 1. The van der Waals surface area contributed by atoms with E-state index in [1.165, 1.54) is 0 Å². The van der Waals surface area contributed by atoms with Crippen LogP contribution in [0, 0.1) is 0 Å². The van der Waals surface area contributed by atoms with Crippen molar-refractivity contribution in [2.75, 3.05) is 13.6 Å². The second kappa shape index (κ2) is 4.53. The van der Waals surface area contributed by atoms with Gasteiger partial charge in [-0.25, -0.2) is 0 Å². The molecule has 0 heterocycles. The molecule has 0 rings (SSSR count). The molecule has 0 fully saturated rings. The van der Waals surface area contributed by atoms with Crippen LogP contribution in [0.5, 0.6) is 0 Å². The summed E-state index contributed by atoms with van der Waals surface area (Å²) in [4.78, 5) is 3.80. The Bertz CT molecular complexity index is 100. The topological polar surface area (TPSA) is 38.4 Å². The summed E-state index contributed by atoms with van der Waals surface area (Å²) in [6.07, 6.45) is 3.72. The third-order valence-electron chi connectivity index (χ3n) is 0.901. The molecular weight excluding hydrogens is 100 g/mol. The first-order valence-electron chi connectivity index (χ1n) is 2.62. The van der Waals surface area contributed by atoms with Gasteiger partial charge in [-0.15, -0.1) is 0 Å². The predicted molar refractivity (Wildman–Crippen MR) is 37.2 cm³/mol. The van der Waals surface area contributed by atoms with Gasteiger partial charge < -0.3 is 5.73 Å². The molecule has 0 atom stereocenters. The third kappa shape index (κ3) is 2.53. The first kappa shape index (κ1) is 7.37. The lowest BCUT2D eigenvalue weighted by Crippen LogP contribution is -2.03. The van der Waals surface area contributed by atoms with Crippen LogP contribution < -0.4 is 5.73 Å². The van der Waals surface area contributed by atoms with Crippen LogP contribution in [0.4, 0.5) is 0 Å². The molecule has 2 heteroatoms. The monoisotopic (exact) mass is 112 g/mol. The molecule has 0 aliphatic rings. The minimum Gasteiger partial charge on any atom is -0.326 e. The first-order valence-corrected chi connectivity index (χ1v) is 2.62. The average molecular weight is 112 g/mol. The van der Waals surface area contributed by atoms with E-state index in [-0.39, 0.29) is 0 Å². The summed E-state index contributed by atoms with van der Waals surface area (Å²) in [7, 11) is 1.74. The molecule has 2 N–H and O–H groups in total. The van der Waals surface area contributed by atoms with E-state index >= 15 is 0 Å². The lowest BCUT2D eigenvalue weighted by Gasteiger charge is -1.89. The summed E-state index contributed by atoms with van der Waals surface area (Å²) in [5.74, 6) is 0. The SMILES string of the molecule is C/C=C(\C=NC)CN. The molecule has 0 saturated carbocycles. The summed E-state index contributed by atoms with van der Waals surface area (Å²) in [5, 5.41) is 0. The molecule has 2 nitrogen and oxygen atoms in total. The lowest BCUT2D eigenvalue weighted by atomic mass is 10.3. The zero-order chi connectivity index (χ0) is 6.41. The van der Waals surface area contributed by atoms with Crippen molar-refractivity contribution in [3.05, 3.63) is 11.6 Å². The number of allylic oxidation sites excluding steroid dienone is 1. The largest absolute Gasteiger partial charge is 0.326 e. The summed E-state index contributed by atoms with van der Waals surface area (Å²) in [6, 6.07) is 0. The molecule has 8 heavy (non-hydrogen) atoms. The van der Waals surface area contributed by atoms with Crippen molar-refractivity contribution in [1.82, 2.24) is 0 Å². The third-order valence-corrected chi connectivity index (χ3v) is 0.901. The van der Waals surface area contributed by atoms with Gasteiger partial charge in [0.05, 0.1) is 0 Å². The van der Waals surface area contributed by atoms with Crippen molar-refractivity contribution in [2.45, 2.75) is 6.92 Å². The molecule has 0 spiro atoms. The van der Waals surface area contributed by atoms with Gasteiger partial charge in [0.15, 0.2) is 0 Å². The van der Waals surface area contributed by atoms with E-state index in [9.17, 15) is 0 Å². The Morgan fingerprint density at radius 3 is 2.50 bits per heavy atom. The Kier molecular flexibility index (Phi) is 4.17. The second-order valence-electron chi connectivity index (χ2n) is 1.46. The van der Waals surface area contributed by atoms with Gasteiger partial charge in [0, 0.05) is 19.8 Å². The average Bonchev–Trinajstić information content (AvgIpc) is 1.83. The van der Waals surface area contributed by atoms with Crippen LogP contribution in [0.15, 0.2) is 16.6 Å². The normalized spacial score (nSPS) is 13.1. The van der Waals surface area contributed by atoms with E-state index in [0.717, 1.165) is 5.57 Å². The van der Waals surface area contributed by atoms with Crippen LogP contribution >= 0.6 is 0 Å². The van der Waals surface area contributed by atoms with Crippen molar-refractivity contribution < 1.29 is 0 Å². The molecule has 0 aromatic rings. The Balaban J connectivity index is 3.72. The number of hydrogen-bond acceptors (Lipinski definition) is 2. The number of nitrogens with zero attached hydrogens (tertiary/aromatic N) is 1. The van der Waals surface area contributed by atoms with Crippen LogP contribution in [0.1, 0.15) is 6.92 Å². The first-order chi connectivity index (χ1) is 3.85. The van der Waals surface area contributed by atoms with Crippen molar-refractivity contribution in [1.29, 1.82) is 0 Å². The maximum atomic E-state index is 5.31. The maximum absolute atomic E-state index is 5.31. The minimum atomic E-state index is 0.577. The van der Waals surface area contributed by atoms with Gasteiger partial charge in [-0.1, -0.05) is 6.08 Å². The molecule has 0 radical (unpaired) electrons. The van der Waals surface area contributed by atoms with Crippen LogP contribution in [-0.4, -0.2) is 19.8 Å². The lowest BCUT2D eigenvalue weighted by molar-refractivity contribution is 1.20. The van der Waals surface area contributed by atoms with E-state index < -0.39 is 0 Å². The van der Waals surface area contributed by atoms with Crippen LogP contribution in [-0.2, 0) is 0 Å². The predicted octanol–water partition coefficient (Wildman–Crippen LogP) is 0.592. The van der Waals surface area contributed by atoms with Gasteiger partial charge in [-0.3, -0.25) is 4.99 Å². The Morgan fingerprint density at radius 2 is 2.38 bits per heavy atom. The van der Waals surface area contributed by atoms with E-state index in [1.807, 2.05) is 13.0 Å². The van der Waals surface area contributed by atoms with Crippen molar-refractivity contribution in [3.8, 4) is 0 Å². The van der Waals surface area contributed by atoms with E-state index in [2.05, 4.69) is 4.99 Å². The number of hydrogen-bond donors (Lipinski definition) is 1. The van der Waals surface area contributed by atoms with Crippen molar-refractivity contribution in [2.24, 2.45) is 10.7 Å². The quantitative estimate of drug-likeness (QED) is 0.522. The molecule has 0 aliphatic heterocycles. The summed E-state index contributed by atoms with van der Waals surface area (Å²) in [6.45, 7) is 2.53. The highest BCUT2D eigenvalue weighted by Gasteiger charge is 1.81. The molecule has 0 unspecified atom stereocenters. The maximum Gasteiger partial charge on any atom is 0.0277 e. The van der Waals surface area contributed by atoms with Crippen molar-refractivity contribution >= 4 is 6.21 Å². The standard InChI is InChI=1S/C6H12N2/c1-3-6(4-7)5-8-2/h3,5H,4,7H2,1-2H3/b6-3-,8-5?. The molecule has 0 aliphatic carbocycles. The zero-order valence-electron chi connectivity index (χ0n) is 5.39. The molecule has 0 bridgehead atoms. The van der Waals surface area contributed by atoms with Gasteiger partial charge in [0.1, 0.15) is 0 Å². The molecule has 0 aromatic carbocycles. The van der Waals surface area contributed by atoms with Gasteiger partial charge in [-0.05, 0) is 12.5 Å². The van der Waals surface area contributed by atoms with Gasteiger partial charge in [0.25, 0.3) is 0 Å². The fourth-order valence-corrected chi connectivity index (χ4v) is 0.411. The van der Waals surface area contributed by atoms with E-state index in [1.54, 1.807) is 13.3 Å². The second-order valence-corrected chi connectivity index (χ2v) is 1.46. The molecule has 0 amide bonds. The van der Waals surface area contributed by atoms with Crippen LogP contribution in [0.2, 0.25) is 0 Å². The highest BCUT2D eigenvalue weighted by Crippen LogP contribution is 1.82. The zero-order valence-corrected chi connectivity index (χ0v) is 5.39. The summed E-state index contributed by atoms with van der Waals surface area (Å²) in [5.41, 5.74) is 6.39. The summed E-state index contributed by atoms with van der Waals surface area (Å²) < 4.78 is 0. The fourth-order valence-electron chi connectivity index (χ4n) is 0.411. The van der Waals surface area contributed by atoms with E-state index in [0.29, 0.717) is 6.54 Å². The smallest absolute Gasteiger partial charge is 0.0277 e. The number of nitrogens with two attached hydrogens (primary N) is 1. The summed E-state index contributed by atoms with van der Waals surface area (Å²) >= 11 is 0. The fraction of sp³-hybridized carbons (Fsp3) is 0.500. The highest BCUT2D eigenvalue weighted by atomic mass is 14.6. The Morgan fingerprint density at radius 1 is 1.75 bits per heavy atom. The van der Waals surface area contributed by atoms with Gasteiger partial charge >= 0.3 is 0 Å². The molecular formula is C6H12N2. The van der Waals surface area contributed by atoms with E-state index in [4.69, 9.17) is 5.73 Å². The van der Waals surface area contributed by atoms with Gasteiger partial charge in [0.2, 0.25) is 0 Å². The molecule has 0 aromatic heterocycles. The molecule has 46 valence electrons. The molecule has 0 saturated heterocycles. The minimum absolute atomic E-state index is 0.577. The Hall–Kier alpha value is -0.630. The van der Waals surface area contributed by atoms with Crippen molar-refractivity contribution in [3.63, 3.8) is 0 Å². The number of rotatable bonds is 2. The Labute approximate surface area is 50.1 Å². The highest BCUT2D eigenvalue weighted by molar-refractivity contribution is 5.78.